The molecule has 0 aliphatic rings. The van der Waals surface area contributed by atoms with Crippen molar-refractivity contribution in [3.05, 3.63) is 48.6 Å². The van der Waals surface area contributed by atoms with Gasteiger partial charge in [-0.05, 0) is 18.2 Å². The van der Waals surface area contributed by atoms with Gasteiger partial charge in [0.1, 0.15) is 0 Å². The van der Waals surface area contributed by atoms with Crippen LogP contribution in [0.5, 0.6) is 0 Å². The summed E-state index contributed by atoms with van der Waals surface area (Å²) in [5, 5.41) is 8.96. The number of pyridine rings is 1. The van der Waals surface area contributed by atoms with Gasteiger partial charge < -0.3 is 15.6 Å². The Morgan fingerprint density at radius 3 is 2.89 bits per heavy atom. The van der Waals surface area contributed by atoms with Crippen molar-refractivity contribution in [1.82, 2.24) is 10.1 Å². The maximum Gasteiger partial charge on any atom is 0.155 e. The van der Waals surface area contributed by atoms with Gasteiger partial charge in [-0.3, -0.25) is 4.98 Å². The number of nitrogens with zero attached hydrogens (tertiary/aromatic N) is 2. The van der Waals surface area contributed by atoms with Gasteiger partial charge in [0, 0.05) is 40.6 Å². The molecule has 0 aliphatic carbocycles. The molecule has 0 radical (unpaired) electrons. The Morgan fingerprint density at radius 2 is 2.06 bits per heavy atom. The first-order valence-corrected chi connectivity index (χ1v) is 5.60. The lowest BCUT2D eigenvalue weighted by Crippen LogP contribution is -2.00. The Balaban J connectivity index is 1.94. The quantitative estimate of drug-likeness (QED) is 0.687. The molecule has 0 aliphatic heterocycles. The SMILES string of the molecule is Nc1ccc(NCc2ccno2)c2ccncc12. The van der Waals surface area contributed by atoms with Crippen molar-refractivity contribution >= 4 is 22.1 Å². The van der Waals surface area contributed by atoms with Crippen LogP contribution in [0.25, 0.3) is 10.8 Å². The zero-order chi connectivity index (χ0) is 12.4. The Hall–Kier alpha value is -2.56. The number of nitrogens with one attached hydrogen (secondary N) is 1. The van der Waals surface area contributed by atoms with Gasteiger partial charge in [0.2, 0.25) is 0 Å². The highest BCUT2D eigenvalue weighted by molar-refractivity contribution is 6.00. The molecule has 3 N–H and O–H groups in total. The lowest BCUT2D eigenvalue weighted by Gasteiger charge is -2.09. The molecule has 90 valence electrons. The summed E-state index contributed by atoms with van der Waals surface area (Å²) >= 11 is 0. The number of rotatable bonds is 3. The van der Waals surface area contributed by atoms with E-state index in [1.54, 1.807) is 18.6 Å². The van der Waals surface area contributed by atoms with Gasteiger partial charge in [0.15, 0.2) is 5.76 Å². The van der Waals surface area contributed by atoms with Crippen LogP contribution in [0.2, 0.25) is 0 Å². The molecule has 3 aromatic rings. The first kappa shape index (κ1) is 10.6. The van der Waals surface area contributed by atoms with Crippen molar-refractivity contribution in [1.29, 1.82) is 0 Å². The first-order chi connectivity index (χ1) is 8.84. The van der Waals surface area contributed by atoms with Gasteiger partial charge in [-0.2, -0.15) is 0 Å². The number of nitrogens with two attached hydrogens (primary N) is 1. The molecule has 3 rings (SSSR count). The molecule has 0 saturated carbocycles. The first-order valence-electron chi connectivity index (χ1n) is 5.60. The molecule has 0 unspecified atom stereocenters. The fourth-order valence-electron chi connectivity index (χ4n) is 1.88. The zero-order valence-corrected chi connectivity index (χ0v) is 9.63. The highest BCUT2D eigenvalue weighted by Crippen LogP contribution is 2.27. The lowest BCUT2D eigenvalue weighted by atomic mass is 10.1. The molecule has 0 bridgehead atoms. The van der Waals surface area contributed by atoms with Crippen LogP contribution in [-0.2, 0) is 6.54 Å². The second-order valence-corrected chi connectivity index (χ2v) is 3.96. The summed E-state index contributed by atoms with van der Waals surface area (Å²) in [6.07, 6.45) is 5.15. The minimum Gasteiger partial charge on any atom is -0.398 e. The average Bonchev–Trinajstić information content (AvgIpc) is 2.92. The van der Waals surface area contributed by atoms with Gasteiger partial charge in [0.05, 0.1) is 12.7 Å². The smallest absolute Gasteiger partial charge is 0.155 e. The minimum absolute atomic E-state index is 0.585. The van der Waals surface area contributed by atoms with Crippen molar-refractivity contribution < 1.29 is 4.52 Å². The second-order valence-electron chi connectivity index (χ2n) is 3.96. The molecule has 1 aromatic carbocycles. The Labute approximate surface area is 104 Å². The van der Waals surface area contributed by atoms with Crippen LogP contribution in [0.3, 0.4) is 0 Å². The molecule has 0 atom stereocenters. The molecule has 2 aromatic heterocycles. The molecule has 5 nitrogen and oxygen atoms in total. The molecule has 18 heavy (non-hydrogen) atoms. The molecule has 0 spiro atoms. The maximum atomic E-state index is 5.92. The van der Waals surface area contributed by atoms with E-state index in [9.17, 15) is 0 Å². The van der Waals surface area contributed by atoms with E-state index in [0.29, 0.717) is 6.54 Å². The molecule has 0 saturated heterocycles. The van der Waals surface area contributed by atoms with Crippen LogP contribution in [-0.4, -0.2) is 10.1 Å². The lowest BCUT2D eigenvalue weighted by molar-refractivity contribution is 0.388. The van der Waals surface area contributed by atoms with E-state index < -0.39 is 0 Å². The minimum atomic E-state index is 0.585. The standard InChI is InChI=1S/C13H12N4O/c14-12-1-2-13(10-4-5-15-8-11(10)12)16-7-9-3-6-17-18-9/h1-6,8,16H,7,14H2. The largest absolute Gasteiger partial charge is 0.398 e. The molecule has 0 amide bonds. The molecule has 2 heterocycles. The predicted molar refractivity (Wildman–Crippen MR) is 70.0 cm³/mol. The average molecular weight is 240 g/mol. The van der Waals surface area contributed by atoms with E-state index in [1.807, 2.05) is 24.3 Å². The van der Waals surface area contributed by atoms with E-state index in [2.05, 4.69) is 15.5 Å². The van der Waals surface area contributed by atoms with E-state index in [0.717, 1.165) is 27.9 Å². The summed E-state index contributed by atoms with van der Waals surface area (Å²) in [5.74, 6) is 0.786. The third-order valence-corrected chi connectivity index (χ3v) is 2.80. The Kier molecular flexibility index (Phi) is 2.57. The normalized spacial score (nSPS) is 10.7. The number of benzene rings is 1. The van der Waals surface area contributed by atoms with Crippen molar-refractivity contribution in [2.75, 3.05) is 11.1 Å². The van der Waals surface area contributed by atoms with Gasteiger partial charge >= 0.3 is 0 Å². The topological polar surface area (TPSA) is 77.0 Å². The van der Waals surface area contributed by atoms with Crippen molar-refractivity contribution in [3.63, 3.8) is 0 Å². The number of fused-ring (bicyclic) bond motifs is 1. The van der Waals surface area contributed by atoms with E-state index in [4.69, 9.17) is 10.3 Å². The molecular formula is C13H12N4O. The van der Waals surface area contributed by atoms with Crippen LogP contribution >= 0.6 is 0 Å². The fraction of sp³-hybridized carbons (Fsp3) is 0.0769. The van der Waals surface area contributed by atoms with Crippen molar-refractivity contribution in [2.45, 2.75) is 6.54 Å². The number of hydrogen-bond acceptors (Lipinski definition) is 5. The molecule has 0 fully saturated rings. The summed E-state index contributed by atoms with van der Waals surface area (Å²) in [6, 6.07) is 7.59. The van der Waals surface area contributed by atoms with E-state index >= 15 is 0 Å². The highest BCUT2D eigenvalue weighted by Gasteiger charge is 2.04. The number of aromatic nitrogens is 2. The number of hydrogen-bond donors (Lipinski definition) is 2. The third-order valence-electron chi connectivity index (χ3n) is 2.80. The maximum absolute atomic E-state index is 5.92. The predicted octanol–water partition coefficient (Wildman–Crippen LogP) is 2.42. The van der Waals surface area contributed by atoms with Crippen molar-refractivity contribution in [3.8, 4) is 0 Å². The van der Waals surface area contributed by atoms with Gasteiger partial charge in [-0.1, -0.05) is 5.16 Å². The highest BCUT2D eigenvalue weighted by atomic mass is 16.5. The van der Waals surface area contributed by atoms with Crippen LogP contribution in [0.15, 0.2) is 47.4 Å². The molecular weight excluding hydrogens is 228 g/mol. The number of nitrogen functional groups attached to an aromatic ring is 1. The Bertz CT molecular complexity index is 664. The van der Waals surface area contributed by atoms with Crippen LogP contribution < -0.4 is 11.1 Å². The van der Waals surface area contributed by atoms with E-state index in [-0.39, 0.29) is 0 Å². The monoisotopic (exact) mass is 240 g/mol. The summed E-state index contributed by atoms with van der Waals surface area (Å²) in [7, 11) is 0. The van der Waals surface area contributed by atoms with Crippen molar-refractivity contribution in [2.24, 2.45) is 0 Å². The third kappa shape index (κ3) is 1.86. The van der Waals surface area contributed by atoms with Crippen LogP contribution in [0.1, 0.15) is 5.76 Å². The Morgan fingerprint density at radius 1 is 1.11 bits per heavy atom. The zero-order valence-electron chi connectivity index (χ0n) is 9.63. The van der Waals surface area contributed by atoms with Crippen LogP contribution in [0.4, 0.5) is 11.4 Å². The summed E-state index contributed by atoms with van der Waals surface area (Å²) in [4.78, 5) is 4.09. The van der Waals surface area contributed by atoms with Gasteiger partial charge in [-0.15, -0.1) is 0 Å². The summed E-state index contributed by atoms with van der Waals surface area (Å²) < 4.78 is 5.04. The number of anilines is 2. The van der Waals surface area contributed by atoms with E-state index in [1.165, 1.54) is 0 Å². The summed E-state index contributed by atoms with van der Waals surface area (Å²) in [6.45, 7) is 0.585. The summed E-state index contributed by atoms with van der Waals surface area (Å²) in [5.41, 5.74) is 7.64. The fourth-order valence-corrected chi connectivity index (χ4v) is 1.88. The molecule has 5 heteroatoms. The van der Waals surface area contributed by atoms with Gasteiger partial charge in [-0.25, -0.2) is 0 Å². The second kappa shape index (κ2) is 4.37. The van der Waals surface area contributed by atoms with Gasteiger partial charge in [0.25, 0.3) is 0 Å². The van der Waals surface area contributed by atoms with Crippen LogP contribution in [0, 0.1) is 0 Å².